The molecule has 10 heteroatoms. The summed E-state index contributed by atoms with van der Waals surface area (Å²) in [5.74, 6) is 0. The van der Waals surface area contributed by atoms with Crippen LogP contribution in [0, 0.1) is 0 Å². The fraction of sp³-hybridized carbons (Fsp3) is 1.00. The molecule has 3 aliphatic rings. The molecule has 0 spiro atoms. The lowest BCUT2D eigenvalue weighted by molar-refractivity contribution is -0.331. The molecule has 0 amide bonds. The third-order valence-electron chi connectivity index (χ3n) is 6.00. The minimum absolute atomic E-state index is 0.0465. The zero-order chi connectivity index (χ0) is 21.5. The van der Waals surface area contributed by atoms with Crippen LogP contribution in [0.1, 0.15) is 47.0 Å². The van der Waals surface area contributed by atoms with Crippen LogP contribution in [0.4, 0.5) is 0 Å². The Bertz CT molecular complexity index is 545. The van der Waals surface area contributed by atoms with Gasteiger partial charge in [0.2, 0.25) is 0 Å². The summed E-state index contributed by atoms with van der Waals surface area (Å²) in [4.78, 5) is 0. The first-order valence-corrected chi connectivity index (χ1v) is 10.2. The average molecular weight is 422 g/mol. The van der Waals surface area contributed by atoms with Crippen molar-refractivity contribution in [3.63, 3.8) is 0 Å². The Balaban J connectivity index is 1.62. The van der Waals surface area contributed by atoms with Gasteiger partial charge in [-0.15, -0.1) is 0 Å². The number of ether oxygens (including phenoxy) is 5. The first-order valence-electron chi connectivity index (χ1n) is 10.2. The molecular weight excluding hydrogens is 388 g/mol. The van der Waals surface area contributed by atoms with Gasteiger partial charge in [-0.1, -0.05) is 0 Å². The largest absolute Gasteiger partial charge is 0.388 e. The highest BCUT2D eigenvalue weighted by Crippen LogP contribution is 2.33. The molecule has 0 aliphatic carbocycles. The lowest BCUT2D eigenvalue weighted by atomic mass is 9.89. The molecular formula is C19H34O10. The first-order chi connectivity index (χ1) is 13.5. The topological polar surface area (TPSA) is 147 Å². The Morgan fingerprint density at radius 3 is 1.90 bits per heavy atom. The molecule has 3 saturated heterocycles. The molecule has 0 unspecified atom stereocenters. The number of hydrogen-bond donors (Lipinski definition) is 5. The minimum atomic E-state index is -1.38. The van der Waals surface area contributed by atoms with Gasteiger partial charge in [0, 0.05) is 19.3 Å². The summed E-state index contributed by atoms with van der Waals surface area (Å²) in [6.07, 6.45) is -8.46. The van der Waals surface area contributed by atoms with E-state index in [4.69, 9.17) is 23.7 Å². The zero-order valence-corrected chi connectivity index (χ0v) is 17.2. The van der Waals surface area contributed by atoms with Crippen molar-refractivity contribution in [3.8, 4) is 0 Å². The Morgan fingerprint density at radius 1 is 0.759 bits per heavy atom. The van der Waals surface area contributed by atoms with Crippen LogP contribution in [0.5, 0.6) is 0 Å². The second-order valence-electron chi connectivity index (χ2n) is 8.65. The van der Waals surface area contributed by atoms with Crippen molar-refractivity contribution in [2.75, 3.05) is 0 Å². The molecule has 0 bridgehead atoms. The van der Waals surface area contributed by atoms with E-state index >= 15 is 0 Å². The molecule has 29 heavy (non-hydrogen) atoms. The Kier molecular flexibility index (Phi) is 7.22. The molecule has 3 rings (SSSR count). The maximum atomic E-state index is 10.5. The van der Waals surface area contributed by atoms with E-state index in [2.05, 4.69) is 0 Å². The second kappa shape index (κ2) is 8.99. The smallest absolute Gasteiger partial charge is 0.161 e. The maximum Gasteiger partial charge on any atom is 0.161 e. The van der Waals surface area contributed by atoms with Gasteiger partial charge in [0.25, 0.3) is 0 Å². The van der Waals surface area contributed by atoms with Gasteiger partial charge >= 0.3 is 0 Å². The third kappa shape index (κ3) is 5.27. The molecule has 0 radical (unpaired) electrons. The Hall–Kier alpha value is -0.400. The Morgan fingerprint density at radius 2 is 1.28 bits per heavy atom. The van der Waals surface area contributed by atoms with E-state index < -0.39 is 73.3 Å². The predicted octanol–water partition coefficient (Wildman–Crippen LogP) is -1.01. The summed E-state index contributed by atoms with van der Waals surface area (Å²) in [6.45, 7) is 6.48. The fourth-order valence-electron chi connectivity index (χ4n) is 4.19. The molecule has 3 aliphatic heterocycles. The third-order valence-corrected chi connectivity index (χ3v) is 6.00. The van der Waals surface area contributed by atoms with Gasteiger partial charge in [-0.2, -0.15) is 0 Å². The molecule has 0 saturated carbocycles. The number of aliphatic hydroxyl groups excluding tert-OH is 4. The number of hydrogen-bond acceptors (Lipinski definition) is 10. The summed E-state index contributed by atoms with van der Waals surface area (Å²) in [5, 5.41) is 51.0. The molecule has 12 atom stereocenters. The van der Waals surface area contributed by atoms with E-state index in [0.717, 1.165) is 0 Å². The van der Waals surface area contributed by atoms with E-state index in [1.54, 1.807) is 20.8 Å². The highest BCUT2D eigenvalue weighted by Gasteiger charge is 2.47. The minimum Gasteiger partial charge on any atom is -0.388 e. The maximum absolute atomic E-state index is 10.5. The molecule has 3 heterocycles. The molecule has 10 nitrogen and oxygen atoms in total. The standard InChI is InChI=1S/C19H34O10/c1-8-16(21)11(5-13(20)25-8)28-14-6-12(17(22)9(2)26-14)29-15-7-19(4,24)18(23)10(3)27-15/h8-18,20-24H,5-7H2,1-4H3/t8-,9-,10-,11-,12-,13-,14+,15+,16-,17+,18-,19+/m1/s1. The highest BCUT2D eigenvalue weighted by atomic mass is 16.7. The first kappa shape index (κ1) is 23.3. The van der Waals surface area contributed by atoms with Crippen molar-refractivity contribution < 1.29 is 49.2 Å². The summed E-state index contributed by atoms with van der Waals surface area (Å²) in [5.41, 5.74) is -1.38. The van der Waals surface area contributed by atoms with Gasteiger partial charge in [0.05, 0.1) is 36.1 Å². The van der Waals surface area contributed by atoms with Crippen molar-refractivity contribution in [2.24, 2.45) is 0 Å². The molecule has 3 fully saturated rings. The quantitative estimate of drug-likeness (QED) is 0.382. The van der Waals surface area contributed by atoms with Gasteiger partial charge in [-0.25, -0.2) is 0 Å². The zero-order valence-electron chi connectivity index (χ0n) is 17.2. The van der Waals surface area contributed by atoms with Crippen LogP contribution in [-0.4, -0.2) is 98.8 Å². The fourth-order valence-corrected chi connectivity index (χ4v) is 4.19. The molecule has 5 N–H and O–H groups in total. The lowest BCUT2D eigenvalue weighted by Crippen LogP contribution is -2.58. The van der Waals surface area contributed by atoms with Gasteiger partial charge in [-0.05, 0) is 27.7 Å². The van der Waals surface area contributed by atoms with Gasteiger partial charge in [0.1, 0.15) is 18.3 Å². The van der Waals surface area contributed by atoms with E-state index in [9.17, 15) is 25.5 Å². The normalized spacial score (nSPS) is 54.3. The summed E-state index contributed by atoms with van der Waals surface area (Å²) in [6, 6.07) is 0. The van der Waals surface area contributed by atoms with E-state index in [-0.39, 0.29) is 19.3 Å². The SMILES string of the molecule is C[C@H]1O[C@@H](O)C[C@@H](O[C@H]2C[C@@H](O[C@H]3C[C@](C)(O)[C@H](O)[C@@H](C)O3)[C@@H](O)[C@@H](C)O2)[C@@H]1O. The number of aliphatic hydroxyl groups is 5. The Labute approximate surface area is 170 Å². The van der Waals surface area contributed by atoms with Crippen LogP contribution in [0.3, 0.4) is 0 Å². The van der Waals surface area contributed by atoms with Crippen LogP contribution in [-0.2, 0) is 23.7 Å². The average Bonchev–Trinajstić information content (AvgIpc) is 2.61. The summed E-state index contributed by atoms with van der Waals surface area (Å²) < 4.78 is 28.3. The van der Waals surface area contributed by atoms with Gasteiger partial charge in [-0.3, -0.25) is 0 Å². The highest BCUT2D eigenvalue weighted by molar-refractivity contribution is 4.92. The molecule has 0 aromatic heterocycles. The van der Waals surface area contributed by atoms with Gasteiger partial charge < -0.3 is 49.2 Å². The molecule has 0 aromatic carbocycles. The predicted molar refractivity (Wildman–Crippen MR) is 97.5 cm³/mol. The van der Waals surface area contributed by atoms with Crippen molar-refractivity contribution in [1.29, 1.82) is 0 Å². The summed E-state index contributed by atoms with van der Waals surface area (Å²) >= 11 is 0. The monoisotopic (exact) mass is 422 g/mol. The van der Waals surface area contributed by atoms with E-state index in [1.807, 2.05) is 0 Å². The van der Waals surface area contributed by atoms with Crippen molar-refractivity contribution >= 4 is 0 Å². The van der Waals surface area contributed by atoms with Crippen LogP contribution in [0.2, 0.25) is 0 Å². The second-order valence-corrected chi connectivity index (χ2v) is 8.65. The molecule has 170 valence electrons. The van der Waals surface area contributed by atoms with Crippen LogP contribution in [0.25, 0.3) is 0 Å². The van der Waals surface area contributed by atoms with Crippen molar-refractivity contribution in [2.45, 2.75) is 120 Å². The molecule has 0 aromatic rings. The van der Waals surface area contributed by atoms with E-state index in [1.165, 1.54) is 6.92 Å². The van der Waals surface area contributed by atoms with Crippen LogP contribution < -0.4 is 0 Å². The van der Waals surface area contributed by atoms with Crippen molar-refractivity contribution in [1.82, 2.24) is 0 Å². The van der Waals surface area contributed by atoms with Gasteiger partial charge in [0.15, 0.2) is 18.9 Å². The number of rotatable bonds is 4. The van der Waals surface area contributed by atoms with Crippen LogP contribution >= 0.6 is 0 Å². The lowest BCUT2D eigenvalue weighted by Gasteiger charge is -2.45. The van der Waals surface area contributed by atoms with E-state index in [0.29, 0.717) is 0 Å². The van der Waals surface area contributed by atoms with Crippen LogP contribution in [0.15, 0.2) is 0 Å². The summed E-state index contributed by atoms with van der Waals surface area (Å²) in [7, 11) is 0. The van der Waals surface area contributed by atoms with Crippen molar-refractivity contribution in [3.05, 3.63) is 0 Å².